The summed E-state index contributed by atoms with van der Waals surface area (Å²) >= 11 is 7.06. The molecule has 2 heterocycles. The fourth-order valence-corrected chi connectivity index (χ4v) is 3.70. The minimum atomic E-state index is -0.185. The number of H-pyrrole nitrogens is 1. The molecule has 0 radical (unpaired) electrons. The number of para-hydroxylation sites is 1. The number of anilines is 1. The lowest BCUT2D eigenvalue weighted by molar-refractivity contribution is -0.113. The molecule has 0 fully saturated rings. The molecule has 4 rings (SSSR count). The molecule has 0 atom stereocenters. The van der Waals surface area contributed by atoms with Crippen LogP contribution in [0.2, 0.25) is 5.02 Å². The fourth-order valence-electron chi connectivity index (χ4n) is 2.81. The van der Waals surface area contributed by atoms with Crippen LogP contribution < -0.4 is 10.9 Å². The van der Waals surface area contributed by atoms with Crippen molar-refractivity contribution in [3.8, 4) is 0 Å². The highest BCUT2D eigenvalue weighted by Gasteiger charge is 2.14. The standard InChI is InChI=1S/C19H15ClN4O2S/c1-24-18(26)17-16(13-4-2-3-5-14(13)22-17)23-19(24)27-10-15(25)21-12-8-6-11(20)7-9-12/h2-9,22H,10H2,1H3,(H,21,25). The van der Waals surface area contributed by atoms with E-state index in [1.807, 2.05) is 24.3 Å². The maximum Gasteiger partial charge on any atom is 0.278 e. The van der Waals surface area contributed by atoms with Gasteiger partial charge in [0.05, 0.1) is 5.75 Å². The average Bonchev–Trinajstić information content (AvgIpc) is 3.04. The third-order valence-electron chi connectivity index (χ3n) is 4.15. The van der Waals surface area contributed by atoms with Gasteiger partial charge in [-0.15, -0.1) is 0 Å². The molecule has 2 aromatic carbocycles. The summed E-state index contributed by atoms with van der Waals surface area (Å²) in [5, 5.41) is 4.78. The highest BCUT2D eigenvalue weighted by molar-refractivity contribution is 7.99. The maximum absolute atomic E-state index is 12.7. The van der Waals surface area contributed by atoms with E-state index in [2.05, 4.69) is 15.3 Å². The van der Waals surface area contributed by atoms with Crippen LogP contribution in [0.25, 0.3) is 21.9 Å². The molecule has 0 saturated heterocycles. The van der Waals surface area contributed by atoms with Crippen LogP contribution in [0.1, 0.15) is 0 Å². The monoisotopic (exact) mass is 398 g/mol. The molecular weight excluding hydrogens is 384 g/mol. The minimum absolute atomic E-state index is 0.136. The summed E-state index contributed by atoms with van der Waals surface area (Å²) in [6, 6.07) is 14.5. The van der Waals surface area contributed by atoms with Crippen molar-refractivity contribution >= 4 is 56.9 Å². The van der Waals surface area contributed by atoms with Crippen LogP contribution in [0, 0.1) is 0 Å². The number of nitrogens with zero attached hydrogens (tertiary/aromatic N) is 2. The van der Waals surface area contributed by atoms with Crippen molar-refractivity contribution < 1.29 is 4.79 Å². The number of thioether (sulfide) groups is 1. The minimum Gasteiger partial charge on any atom is -0.349 e. The maximum atomic E-state index is 12.7. The van der Waals surface area contributed by atoms with Crippen molar-refractivity contribution in [2.75, 3.05) is 11.1 Å². The van der Waals surface area contributed by atoms with E-state index < -0.39 is 0 Å². The van der Waals surface area contributed by atoms with Gasteiger partial charge in [-0.1, -0.05) is 41.6 Å². The van der Waals surface area contributed by atoms with E-state index in [1.54, 1.807) is 31.3 Å². The Morgan fingerprint density at radius 2 is 1.96 bits per heavy atom. The van der Waals surface area contributed by atoms with Gasteiger partial charge >= 0.3 is 0 Å². The summed E-state index contributed by atoms with van der Waals surface area (Å²) in [6.45, 7) is 0. The van der Waals surface area contributed by atoms with Gasteiger partial charge in [0.1, 0.15) is 11.0 Å². The molecule has 0 unspecified atom stereocenters. The molecule has 2 N–H and O–H groups in total. The summed E-state index contributed by atoms with van der Waals surface area (Å²) < 4.78 is 1.46. The number of benzene rings is 2. The number of fused-ring (bicyclic) bond motifs is 3. The highest BCUT2D eigenvalue weighted by atomic mass is 35.5. The Kier molecular flexibility index (Phi) is 4.63. The van der Waals surface area contributed by atoms with Gasteiger partial charge in [-0.05, 0) is 30.3 Å². The Hall–Kier alpha value is -2.77. The van der Waals surface area contributed by atoms with E-state index in [1.165, 1.54) is 16.3 Å². The van der Waals surface area contributed by atoms with E-state index >= 15 is 0 Å². The summed E-state index contributed by atoms with van der Waals surface area (Å²) in [7, 11) is 1.65. The smallest absolute Gasteiger partial charge is 0.278 e. The largest absolute Gasteiger partial charge is 0.349 e. The first kappa shape index (κ1) is 17.6. The normalized spacial score (nSPS) is 11.2. The number of halogens is 1. The van der Waals surface area contributed by atoms with Crippen LogP contribution in [0.15, 0.2) is 58.5 Å². The first-order valence-corrected chi connectivity index (χ1v) is 9.55. The predicted molar refractivity (Wildman–Crippen MR) is 110 cm³/mol. The van der Waals surface area contributed by atoms with Gasteiger partial charge in [0, 0.05) is 28.7 Å². The van der Waals surface area contributed by atoms with Gasteiger partial charge in [0.15, 0.2) is 5.16 Å². The number of nitrogens with one attached hydrogen (secondary N) is 2. The number of hydrogen-bond acceptors (Lipinski definition) is 4. The van der Waals surface area contributed by atoms with Crippen molar-refractivity contribution in [3.63, 3.8) is 0 Å². The van der Waals surface area contributed by atoms with Gasteiger partial charge in [0.2, 0.25) is 5.91 Å². The van der Waals surface area contributed by atoms with Gasteiger partial charge in [-0.3, -0.25) is 14.2 Å². The first-order valence-electron chi connectivity index (χ1n) is 8.18. The Morgan fingerprint density at radius 3 is 2.74 bits per heavy atom. The van der Waals surface area contributed by atoms with Crippen LogP contribution in [0.4, 0.5) is 5.69 Å². The van der Waals surface area contributed by atoms with Gasteiger partial charge in [0.25, 0.3) is 5.56 Å². The number of hydrogen-bond donors (Lipinski definition) is 2. The van der Waals surface area contributed by atoms with Gasteiger partial charge in [-0.2, -0.15) is 0 Å². The van der Waals surface area contributed by atoms with Crippen LogP contribution in [0.5, 0.6) is 0 Å². The van der Waals surface area contributed by atoms with E-state index in [9.17, 15) is 9.59 Å². The molecule has 6 nitrogen and oxygen atoms in total. The Morgan fingerprint density at radius 1 is 1.22 bits per heavy atom. The molecule has 0 saturated carbocycles. The number of aromatic nitrogens is 3. The lowest BCUT2D eigenvalue weighted by atomic mass is 10.2. The summed E-state index contributed by atoms with van der Waals surface area (Å²) in [4.78, 5) is 32.6. The summed E-state index contributed by atoms with van der Waals surface area (Å²) in [5.74, 6) is -0.0490. The van der Waals surface area contributed by atoms with E-state index in [-0.39, 0.29) is 17.2 Å². The Labute approximate surface area is 163 Å². The van der Waals surface area contributed by atoms with E-state index in [0.29, 0.717) is 26.9 Å². The molecule has 0 bridgehead atoms. The van der Waals surface area contributed by atoms with Crippen LogP contribution in [-0.4, -0.2) is 26.2 Å². The SMILES string of the molecule is Cn1c(SCC(=O)Nc2ccc(Cl)cc2)nc2c([nH]c3ccccc32)c1=O. The molecule has 136 valence electrons. The van der Waals surface area contributed by atoms with Crippen molar-refractivity contribution in [2.24, 2.45) is 7.05 Å². The van der Waals surface area contributed by atoms with Crippen LogP contribution in [0.3, 0.4) is 0 Å². The molecule has 2 aromatic heterocycles. The molecule has 4 aromatic rings. The molecular formula is C19H15ClN4O2S. The lowest BCUT2D eigenvalue weighted by Gasteiger charge is -2.08. The molecule has 0 aliphatic carbocycles. The number of carbonyl (C=O) groups excluding carboxylic acids is 1. The second-order valence-corrected chi connectivity index (χ2v) is 7.38. The van der Waals surface area contributed by atoms with Crippen LogP contribution in [-0.2, 0) is 11.8 Å². The molecule has 8 heteroatoms. The van der Waals surface area contributed by atoms with Crippen molar-refractivity contribution in [1.82, 2.24) is 14.5 Å². The molecule has 0 aliphatic heterocycles. The second kappa shape index (κ2) is 7.09. The molecule has 1 amide bonds. The zero-order valence-corrected chi connectivity index (χ0v) is 15.9. The van der Waals surface area contributed by atoms with E-state index in [0.717, 1.165) is 10.9 Å². The van der Waals surface area contributed by atoms with Gasteiger partial charge < -0.3 is 10.3 Å². The second-order valence-electron chi connectivity index (χ2n) is 6.00. The predicted octanol–water partition coefficient (Wildman–Crippen LogP) is 3.80. The number of rotatable bonds is 4. The van der Waals surface area contributed by atoms with Gasteiger partial charge in [-0.25, -0.2) is 4.98 Å². The average molecular weight is 399 g/mol. The Balaban J connectivity index is 1.59. The third-order valence-corrected chi connectivity index (χ3v) is 5.43. The topological polar surface area (TPSA) is 79.8 Å². The number of aromatic amines is 1. The quantitative estimate of drug-likeness (QED) is 0.405. The van der Waals surface area contributed by atoms with Crippen LogP contribution >= 0.6 is 23.4 Å². The highest BCUT2D eigenvalue weighted by Crippen LogP contribution is 2.24. The van der Waals surface area contributed by atoms with Crippen molar-refractivity contribution in [2.45, 2.75) is 5.16 Å². The summed E-state index contributed by atoms with van der Waals surface area (Å²) in [5.41, 5.74) is 2.44. The zero-order valence-electron chi connectivity index (χ0n) is 14.3. The van der Waals surface area contributed by atoms with Crippen molar-refractivity contribution in [1.29, 1.82) is 0 Å². The fraction of sp³-hybridized carbons (Fsp3) is 0.105. The summed E-state index contributed by atoms with van der Waals surface area (Å²) in [6.07, 6.45) is 0. The zero-order chi connectivity index (χ0) is 19.0. The lowest BCUT2D eigenvalue weighted by Crippen LogP contribution is -2.21. The first-order chi connectivity index (χ1) is 13.0. The van der Waals surface area contributed by atoms with Crippen molar-refractivity contribution in [3.05, 3.63) is 63.9 Å². The Bertz CT molecular complexity index is 1210. The molecule has 0 aliphatic rings. The number of carbonyl (C=O) groups is 1. The third kappa shape index (κ3) is 3.43. The molecule has 0 spiro atoms. The number of amides is 1. The molecule has 27 heavy (non-hydrogen) atoms. The van der Waals surface area contributed by atoms with E-state index in [4.69, 9.17) is 11.6 Å².